The van der Waals surface area contributed by atoms with Crippen molar-refractivity contribution in [2.45, 2.75) is 19.5 Å². The average molecular weight is 323 g/mol. The molecule has 0 aliphatic heterocycles. The van der Waals surface area contributed by atoms with Crippen LogP contribution in [0.5, 0.6) is 0 Å². The van der Waals surface area contributed by atoms with Crippen molar-refractivity contribution in [3.05, 3.63) is 64.1 Å². The van der Waals surface area contributed by atoms with Gasteiger partial charge in [-0.15, -0.1) is 0 Å². The van der Waals surface area contributed by atoms with Gasteiger partial charge in [-0.05, 0) is 48.1 Å². The number of benzene rings is 1. The lowest BCUT2D eigenvalue weighted by Gasteiger charge is -2.25. The molecule has 0 spiro atoms. The fraction of sp³-hybridized carbons (Fsp3) is 0.267. The molecule has 100 valence electrons. The van der Waals surface area contributed by atoms with E-state index in [4.69, 9.17) is 0 Å². The van der Waals surface area contributed by atoms with Gasteiger partial charge in [0.1, 0.15) is 5.82 Å². The van der Waals surface area contributed by atoms with E-state index < -0.39 is 0 Å². The summed E-state index contributed by atoms with van der Waals surface area (Å²) < 4.78 is 14.7. The van der Waals surface area contributed by atoms with Crippen LogP contribution in [0.15, 0.2) is 47.1 Å². The lowest BCUT2D eigenvalue weighted by atomic mass is 10.1. The molecule has 19 heavy (non-hydrogen) atoms. The fourth-order valence-electron chi connectivity index (χ4n) is 1.94. The number of pyridine rings is 1. The topological polar surface area (TPSA) is 16.1 Å². The van der Waals surface area contributed by atoms with E-state index in [1.807, 2.05) is 38.2 Å². The van der Waals surface area contributed by atoms with Gasteiger partial charge >= 0.3 is 0 Å². The Labute approximate surface area is 121 Å². The molecule has 0 bridgehead atoms. The molecule has 0 saturated heterocycles. The zero-order valence-electron chi connectivity index (χ0n) is 11.0. The van der Waals surface area contributed by atoms with Crippen molar-refractivity contribution in [1.82, 2.24) is 9.88 Å². The van der Waals surface area contributed by atoms with Crippen LogP contribution in [0.25, 0.3) is 0 Å². The lowest BCUT2D eigenvalue weighted by molar-refractivity contribution is 0.245. The molecule has 1 aromatic heterocycles. The van der Waals surface area contributed by atoms with Gasteiger partial charge in [0.2, 0.25) is 0 Å². The molecule has 0 saturated carbocycles. The van der Waals surface area contributed by atoms with Crippen molar-refractivity contribution in [3.63, 3.8) is 0 Å². The van der Waals surface area contributed by atoms with Crippen LogP contribution in [0.3, 0.4) is 0 Å². The molecule has 0 aliphatic rings. The number of nitrogens with zero attached hydrogens (tertiary/aromatic N) is 2. The summed E-state index contributed by atoms with van der Waals surface area (Å²) in [6.45, 7) is 2.68. The predicted octanol–water partition coefficient (Wildman–Crippen LogP) is 4.18. The van der Waals surface area contributed by atoms with Crippen LogP contribution in [0, 0.1) is 5.82 Å². The highest BCUT2D eigenvalue weighted by Gasteiger charge is 2.15. The molecule has 0 N–H and O–H groups in total. The van der Waals surface area contributed by atoms with Gasteiger partial charge in [-0.1, -0.05) is 18.2 Å². The summed E-state index contributed by atoms with van der Waals surface area (Å²) in [5.74, 6) is -0.161. The van der Waals surface area contributed by atoms with Gasteiger partial charge in [0.25, 0.3) is 0 Å². The minimum absolute atomic E-state index is 0.00615. The van der Waals surface area contributed by atoms with Gasteiger partial charge in [-0.25, -0.2) is 4.39 Å². The fourth-order valence-corrected chi connectivity index (χ4v) is 2.18. The van der Waals surface area contributed by atoms with Crippen LogP contribution in [0.4, 0.5) is 4.39 Å². The van der Waals surface area contributed by atoms with E-state index in [0.29, 0.717) is 12.1 Å². The summed E-state index contributed by atoms with van der Waals surface area (Å²) in [6.07, 6.45) is 1.77. The number of hydrogen-bond acceptors (Lipinski definition) is 2. The first-order valence-electron chi connectivity index (χ1n) is 6.13. The smallest absolute Gasteiger partial charge is 0.127 e. The van der Waals surface area contributed by atoms with E-state index in [-0.39, 0.29) is 11.9 Å². The average Bonchev–Trinajstić information content (AvgIpc) is 2.41. The molecule has 0 amide bonds. The maximum absolute atomic E-state index is 13.7. The maximum atomic E-state index is 13.7. The Morgan fingerprint density at radius 3 is 2.63 bits per heavy atom. The Morgan fingerprint density at radius 1 is 1.26 bits per heavy atom. The Balaban J connectivity index is 2.09. The summed E-state index contributed by atoms with van der Waals surface area (Å²) in [5, 5.41) is 0. The highest BCUT2D eigenvalue weighted by molar-refractivity contribution is 9.10. The normalized spacial score (nSPS) is 12.7. The second-order valence-electron chi connectivity index (χ2n) is 4.58. The van der Waals surface area contributed by atoms with Crippen molar-refractivity contribution in [1.29, 1.82) is 0 Å². The molecule has 0 radical (unpaired) electrons. The predicted molar refractivity (Wildman–Crippen MR) is 78.2 cm³/mol. The van der Waals surface area contributed by atoms with Crippen LogP contribution < -0.4 is 0 Å². The summed E-state index contributed by atoms with van der Waals surface area (Å²) in [6, 6.07) is 10.8. The quantitative estimate of drug-likeness (QED) is 0.839. The van der Waals surface area contributed by atoms with Crippen LogP contribution in [-0.2, 0) is 6.54 Å². The summed E-state index contributed by atoms with van der Waals surface area (Å²) in [4.78, 5) is 6.41. The second-order valence-corrected chi connectivity index (χ2v) is 5.50. The molecular weight excluding hydrogens is 307 g/mol. The van der Waals surface area contributed by atoms with Crippen LogP contribution in [0.2, 0.25) is 0 Å². The first kappa shape index (κ1) is 14.2. The highest BCUT2D eigenvalue weighted by atomic mass is 79.9. The minimum atomic E-state index is -0.161. The van der Waals surface area contributed by atoms with Gasteiger partial charge < -0.3 is 0 Å². The van der Waals surface area contributed by atoms with Gasteiger partial charge in [0.15, 0.2) is 0 Å². The van der Waals surface area contributed by atoms with E-state index in [9.17, 15) is 4.39 Å². The summed E-state index contributed by atoms with van der Waals surface area (Å²) >= 11 is 3.36. The first-order chi connectivity index (χ1) is 9.08. The number of aromatic nitrogens is 1. The zero-order valence-corrected chi connectivity index (χ0v) is 12.6. The third-order valence-corrected chi connectivity index (χ3v) is 3.69. The largest absolute Gasteiger partial charge is 0.294 e. The minimum Gasteiger partial charge on any atom is -0.294 e. The molecule has 1 atom stereocenters. The molecule has 1 unspecified atom stereocenters. The lowest BCUT2D eigenvalue weighted by Crippen LogP contribution is -2.23. The van der Waals surface area contributed by atoms with E-state index in [1.54, 1.807) is 12.3 Å². The molecule has 2 nitrogen and oxygen atoms in total. The first-order valence-corrected chi connectivity index (χ1v) is 6.92. The van der Waals surface area contributed by atoms with Crippen molar-refractivity contribution >= 4 is 15.9 Å². The molecule has 2 aromatic rings. The Kier molecular flexibility index (Phi) is 4.66. The molecule has 1 aromatic carbocycles. The van der Waals surface area contributed by atoms with Crippen LogP contribution >= 0.6 is 15.9 Å². The van der Waals surface area contributed by atoms with Gasteiger partial charge in [0, 0.05) is 28.8 Å². The monoisotopic (exact) mass is 322 g/mol. The third-order valence-electron chi connectivity index (χ3n) is 3.22. The van der Waals surface area contributed by atoms with Gasteiger partial charge in [-0.3, -0.25) is 9.88 Å². The number of halogens is 2. The molecular formula is C15H16BrFN2. The van der Waals surface area contributed by atoms with Crippen molar-refractivity contribution in [2.75, 3.05) is 7.05 Å². The van der Waals surface area contributed by atoms with E-state index in [2.05, 4.69) is 25.8 Å². The van der Waals surface area contributed by atoms with E-state index in [1.165, 1.54) is 6.07 Å². The van der Waals surface area contributed by atoms with Gasteiger partial charge in [-0.2, -0.15) is 0 Å². The Hall–Kier alpha value is -1.26. The van der Waals surface area contributed by atoms with E-state index in [0.717, 1.165) is 10.2 Å². The van der Waals surface area contributed by atoms with Crippen molar-refractivity contribution < 1.29 is 4.39 Å². The Bertz CT molecular complexity index is 542. The highest BCUT2D eigenvalue weighted by Crippen LogP contribution is 2.22. The zero-order chi connectivity index (χ0) is 13.8. The summed E-state index contributed by atoms with van der Waals surface area (Å²) in [5.41, 5.74) is 1.68. The molecule has 2 rings (SSSR count). The molecule has 0 fully saturated rings. The van der Waals surface area contributed by atoms with Gasteiger partial charge in [0.05, 0.1) is 5.69 Å². The number of rotatable bonds is 4. The maximum Gasteiger partial charge on any atom is 0.127 e. The van der Waals surface area contributed by atoms with E-state index >= 15 is 0 Å². The second kappa shape index (κ2) is 6.26. The molecule has 4 heteroatoms. The number of hydrogen-bond donors (Lipinski definition) is 0. The SMILES string of the molecule is CC(c1ccccc1F)N(C)Cc1ccc(Br)cn1. The summed E-state index contributed by atoms with van der Waals surface area (Å²) in [7, 11) is 1.97. The van der Waals surface area contributed by atoms with Crippen LogP contribution in [-0.4, -0.2) is 16.9 Å². The Morgan fingerprint density at radius 2 is 2.00 bits per heavy atom. The standard InChI is InChI=1S/C15H16BrFN2/c1-11(14-5-3-4-6-15(14)17)19(2)10-13-8-7-12(16)9-18-13/h3-9,11H,10H2,1-2H3. The van der Waals surface area contributed by atoms with Crippen molar-refractivity contribution in [3.8, 4) is 0 Å². The molecule has 1 heterocycles. The third kappa shape index (κ3) is 3.61. The van der Waals surface area contributed by atoms with Crippen molar-refractivity contribution in [2.24, 2.45) is 0 Å². The molecule has 0 aliphatic carbocycles. The van der Waals surface area contributed by atoms with Crippen LogP contribution in [0.1, 0.15) is 24.2 Å².